The SMILES string of the molecule is CC(C)(C)c1cccc(-c2ccc(C(C)(C)C)cc2-c2cc(-c3nc(-c4ccccc4)nc(-c4ccccc4)n3)cc(-c3cc(C(C)(C)C)ccc3-c3cccc(C(C)(C)C)c3)c2)c1. The minimum Gasteiger partial charge on any atom is -0.208 e. The van der Waals surface area contributed by atoms with Crippen molar-refractivity contribution in [2.45, 2.75) is 105 Å². The van der Waals surface area contributed by atoms with Crippen LogP contribution in [-0.2, 0) is 21.7 Å². The van der Waals surface area contributed by atoms with E-state index < -0.39 is 0 Å². The second-order valence-corrected chi connectivity index (χ2v) is 21.5. The summed E-state index contributed by atoms with van der Waals surface area (Å²) < 4.78 is 0. The standard InChI is InChI=1S/C61H63N3/c1-58(2,3)47-27-19-25-42(36-47)51-31-29-49(60(7,8)9)38-53(51)44-33-45(54-39-50(61(10,11)12)30-32-52(54)43-26-20-28-48(37-43)59(4,5)6)35-46(34-44)57-63-55(40-21-15-13-16-22-40)62-56(64-57)41-23-17-14-18-24-41/h13-39H,1-12H3. The van der Waals surface area contributed by atoms with Gasteiger partial charge in [0.2, 0.25) is 0 Å². The summed E-state index contributed by atoms with van der Waals surface area (Å²) in [6, 6.07) is 59.8. The van der Waals surface area contributed by atoms with Gasteiger partial charge >= 0.3 is 0 Å². The molecule has 1 heterocycles. The topological polar surface area (TPSA) is 38.7 Å². The van der Waals surface area contributed by atoms with Gasteiger partial charge < -0.3 is 0 Å². The molecular weight excluding hydrogens is 775 g/mol. The first kappa shape index (κ1) is 44.2. The first-order valence-electron chi connectivity index (χ1n) is 22.8. The lowest BCUT2D eigenvalue weighted by Gasteiger charge is -2.25. The van der Waals surface area contributed by atoms with E-state index in [4.69, 9.17) is 15.0 Å². The van der Waals surface area contributed by atoms with Gasteiger partial charge in [0.15, 0.2) is 17.5 Å². The fourth-order valence-corrected chi connectivity index (χ4v) is 8.31. The Balaban J connectivity index is 1.48. The molecule has 0 aliphatic heterocycles. The molecule has 0 saturated carbocycles. The molecule has 0 aliphatic rings. The molecule has 0 unspecified atom stereocenters. The minimum absolute atomic E-state index is 0.00101. The molecule has 64 heavy (non-hydrogen) atoms. The van der Waals surface area contributed by atoms with E-state index in [0.29, 0.717) is 17.5 Å². The first-order valence-corrected chi connectivity index (χ1v) is 22.8. The minimum atomic E-state index is -0.0728. The molecule has 8 aromatic rings. The van der Waals surface area contributed by atoms with E-state index >= 15 is 0 Å². The number of hydrogen-bond donors (Lipinski definition) is 0. The van der Waals surface area contributed by atoms with Crippen LogP contribution < -0.4 is 0 Å². The lowest BCUT2D eigenvalue weighted by atomic mass is 9.80. The zero-order valence-electron chi connectivity index (χ0n) is 39.9. The Morgan fingerprint density at radius 1 is 0.234 bits per heavy atom. The molecule has 3 nitrogen and oxygen atoms in total. The van der Waals surface area contributed by atoms with Gasteiger partial charge in [-0.15, -0.1) is 0 Å². The maximum absolute atomic E-state index is 5.30. The summed E-state index contributed by atoms with van der Waals surface area (Å²) in [4.78, 5) is 15.7. The van der Waals surface area contributed by atoms with Crippen LogP contribution >= 0.6 is 0 Å². The Kier molecular flexibility index (Phi) is 11.7. The fraction of sp³-hybridized carbons (Fsp3) is 0.262. The van der Waals surface area contributed by atoms with Crippen molar-refractivity contribution in [3.63, 3.8) is 0 Å². The van der Waals surface area contributed by atoms with Crippen LogP contribution in [0.15, 0.2) is 164 Å². The summed E-state index contributed by atoms with van der Waals surface area (Å²) in [6.07, 6.45) is 0. The third-order valence-electron chi connectivity index (χ3n) is 12.4. The van der Waals surface area contributed by atoms with Crippen molar-refractivity contribution < 1.29 is 0 Å². The monoisotopic (exact) mass is 838 g/mol. The molecular formula is C61H63N3. The van der Waals surface area contributed by atoms with Crippen LogP contribution in [0.3, 0.4) is 0 Å². The molecule has 7 aromatic carbocycles. The number of hydrogen-bond acceptors (Lipinski definition) is 3. The predicted octanol–water partition coefficient (Wildman–Crippen LogP) is 16.7. The third-order valence-corrected chi connectivity index (χ3v) is 12.4. The van der Waals surface area contributed by atoms with E-state index in [2.05, 4.69) is 210 Å². The van der Waals surface area contributed by atoms with Gasteiger partial charge in [-0.3, -0.25) is 0 Å². The van der Waals surface area contributed by atoms with Crippen molar-refractivity contribution in [1.82, 2.24) is 15.0 Å². The Morgan fingerprint density at radius 2 is 0.547 bits per heavy atom. The van der Waals surface area contributed by atoms with Crippen molar-refractivity contribution in [2.75, 3.05) is 0 Å². The highest BCUT2D eigenvalue weighted by Crippen LogP contribution is 2.44. The molecule has 0 spiro atoms. The van der Waals surface area contributed by atoms with Crippen LogP contribution in [0, 0.1) is 0 Å². The quantitative estimate of drug-likeness (QED) is 0.160. The van der Waals surface area contributed by atoms with E-state index in [1.807, 2.05) is 36.4 Å². The van der Waals surface area contributed by atoms with Crippen molar-refractivity contribution in [3.8, 4) is 78.7 Å². The first-order chi connectivity index (χ1) is 30.2. The second-order valence-electron chi connectivity index (χ2n) is 21.5. The molecule has 0 saturated heterocycles. The van der Waals surface area contributed by atoms with Crippen molar-refractivity contribution in [2.24, 2.45) is 0 Å². The molecule has 1 aromatic heterocycles. The van der Waals surface area contributed by atoms with Crippen molar-refractivity contribution >= 4 is 0 Å². The van der Waals surface area contributed by atoms with Gasteiger partial charge in [0.05, 0.1) is 0 Å². The summed E-state index contributed by atoms with van der Waals surface area (Å²) in [5.74, 6) is 1.91. The van der Waals surface area contributed by atoms with E-state index in [1.54, 1.807) is 0 Å². The predicted molar refractivity (Wildman–Crippen MR) is 273 cm³/mol. The van der Waals surface area contributed by atoms with Gasteiger partial charge in [0, 0.05) is 16.7 Å². The number of benzene rings is 7. The molecule has 8 rings (SSSR count). The van der Waals surface area contributed by atoms with Crippen LogP contribution in [0.5, 0.6) is 0 Å². The number of nitrogens with zero attached hydrogens (tertiary/aromatic N) is 3. The summed E-state index contributed by atoms with van der Waals surface area (Å²) in [5.41, 5.74) is 17.1. The lowest BCUT2D eigenvalue weighted by molar-refractivity contribution is 0.590. The molecule has 0 N–H and O–H groups in total. The summed E-state index contributed by atoms with van der Waals surface area (Å²) in [5, 5.41) is 0. The van der Waals surface area contributed by atoms with Gasteiger partial charge in [-0.1, -0.05) is 229 Å². The third kappa shape index (κ3) is 9.55. The van der Waals surface area contributed by atoms with Gasteiger partial charge in [-0.25, -0.2) is 15.0 Å². The summed E-state index contributed by atoms with van der Waals surface area (Å²) in [6.45, 7) is 27.5. The zero-order chi connectivity index (χ0) is 45.6. The molecule has 0 amide bonds. The Hall–Kier alpha value is -6.45. The molecule has 0 bridgehead atoms. The number of rotatable bonds is 7. The largest absolute Gasteiger partial charge is 0.208 e. The Labute approximate surface area is 382 Å². The average Bonchev–Trinajstić information content (AvgIpc) is 3.28. The highest BCUT2D eigenvalue weighted by molar-refractivity contribution is 5.92. The lowest BCUT2D eigenvalue weighted by Crippen LogP contribution is -2.12. The highest BCUT2D eigenvalue weighted by Gasteiger charge is 2.24. The van der Waals surface area contributed by atoms with Gasteiger partial charge in [-0.05, 0) is 107 Å². The van der Waals surface area contributed by atoms with Gasteiger partial charge in [-0.2, -0.15) is 0 Å². The van der Waals surface area contributed by atoms with E-state index in [1.165, 1.54) is 55.6 Å². The van der Waals surface area contributed by atoms with E-state index in [0.717, 1.165) is 27.8 Å². The molecule has 0 aliphatic carbocycles. The summed E-state index contributed by atoms with van der Waals surface area (Å²) >= 11 is 0. The zero-order valence-corrected chi connectivity index (χ0v) is 39.9. The normalized spacial score (nSPS) is 12.4. The molecule has 0 fully saturated rings. The maximum Gasteiger partial charge on any atom is 0.164 e. The van der Waals surface area contributed by atoms with E-state index in [-0.39, 0.29) is 21.7 Å². The van der Waals surface area contributed by atoms with Gasteiger partial charge in [0.1, 0.15) is 0 Å². The molecule has 3 heteroatoms. The molecule has 322 valence electrons. The van der Waals surface area contributed by atoms with Crippen LogP contribution in [0.2, 0.25) is 0 Å². The second kappa shape index (κ2) is 16.9. The molecule has 0 atom stereocenters. The molecule has 0 radical (unpaired) electrons. The van der Waals surface area contributed by atoms with Crippen molar-refractivity contribution in [3.05, 3.63) is 186 Å². The smallest absolute Gasteiger partial charge is 0.164 e. The van der Waals surface area contributed by atoms with Crippen LogP contribution in [0.25, 0.3) is 78.7 Å². The fourth-order valence-electron chi connectivity index (χ4n) is 8.31. The number of aromatic nitrogens is 3. The van der Waals surface area contributed by atoms with Crippen molar-refractivity contribution in [1.29, 1.82) is 0 Å². The van der Waals surface area contributed by atoms with Gasteiger partial charge in [0.25, 0.3) is 0 Å². The highest BCUT2D eigenvalue weighted by atomic mass is 15.0. The maximum atomic E-state index is 5.30. The van der Waals surface area contributed by atoms with E-state index in [9.17, 15) is 0 Å². The van der Waals surface area contributed by atoms with Crippen LogP contribution in [0.1, 0.15) is 105 Å². The Morgan fingerprint density at radius 3 is 0.906 bits per heavy atom. The van der Waals surface area contributed by atoms with Crippen LogP contribution in [0.4, 0.5) is 0 Å². The summed E-state index contributed by atoms with van der Waals surface area (Å²) in [7, 11) is 0. The average molecular weight is 838 g/mol. The Bertz CT molecular complexity index is 2750. The van der Waals surface area contributed by atoms with Crippen LogP contribution in [-0.4, -0.2) is 15.0 Å².